The summed E-state index contributed by atoms with van der Waals surface area (Å²) in [7, 11) is 0. The number of amides is 2. The second kappa shape index (κ2) is 10.2. The zero-order chi connectivity index (χ0) is 15.5. The summed E-state index contributed by atoms with van der Waals surface area (Å²) < 4.78 is 5.17. The lowest BCUT2D eigenvalue weighted by Gasteiger charge is -2.07. The molecule has 0 saturated heterocycles. The van der Waals surface area contributed by atoms with Gasteiger partial charge < -0.3 is 15.4 Å². The molecular formula is C15H21ClN2O3. The fraction of sp³-hybridized carbons (Fsp3) is 0.467. The maximum Gasteiger partial charge on any atom is 0.252 e. The van der Waals surface area contributed by atoms with Crippen LogP contribution in [0.4, 0.5) is 0 Å². The third-order valence-electron chi connectivity index (χ3n) is 2.75. The molecule has 2 N–H and O–H groups in total. The summed E-state index contributed by atoms with van der Waals surface area (Å²) in [6, 6.07) is 6.80. The first-order chi connectivity index (χ1) is 10.1. The molecule has 0 unspecified atom stereocenters. The monoisotopic (exact) mass is 312 g/mol. The van der Waals surface area contributed by atoms with Gasteiger partial charge in [0.05, 0.1) is 10.6 Å². The Hall–Kier alpha value is -1.59. The Bertz CT molecular complexity index is 466. The fourth-order valence-electron chi connectivity index (χ4n) is 1.66. The van der Waals surface area contributed by atoms with Gasteiger partial charge in [-0.2, -0.15) is 0 Å². The van der Waals surface area contributed by atoms with Gasteiger partial charge in [-0.3, -0.25) is 9.59 Å². The maximum atomic E-state index is 11.8. The van der Waals surface area contributed by atoms with Gasteiger partial charge in [0.15, 0.2) is 0 Å². The SMILES string of the molecule is CCOCCCNC(=O)CCNC(=O)c1ccccc1Cl. The van der Waals surface area contributed by atoms with Crippen LogP contribution >= 0.6 is 11.6 Å². The van der Waals surface area contributed by atoms with Crippen LogP contribution in [0.5, 0.6) is 0 Å². The normalized spacial score (nSPS) is 10.2. The molecule has 0 aliphatic carbocycles. The molecule has 2 amide bonds. The Kier molecular flexibility index (Phi) is 8.47. The lowest BCUT2D eigenvalue weighted by atomic mass is 10.2. The molecule has 0 spiro atoms. The minimum Gasteiger partial charge on any atom is -0.382 e. The molecule has 116 valence electrons. The van der Waals surface area contributed by atoms with Crippen LogP contribution in [0.15, 0.2) is 24.3 Å². The second-order valence-corrected chi connectivity index (χ2v) is 4.79. The number of rotatable bonds is 9. The summed E-state index contributed by atoms with van der Waals surface area (Å²) in [4.78, 5) is 23.4. The number of benzene rings is 1. The molecule has 0 radical (unpaired) electrons. The Balaban J connectivity index is 2.17. The number of hydrogen-bond acceptors (Lipinski definition) is 3. The first kappa shape index (κ1) is 17.5. The molecule has 21 heavy (non-hydrogen) atoms. The Morgan fingerprint density at radius 1 is 1.19 bits per heavy atom. The van der Waals surface area contributed by atoms with Crippen molar-refractivity contribution >= 4 is 23.4 Å². The molecular weight excluding hydrogens is 292 g/mol. The largest absolute Gasteiger partial charge is 0.382 e. The highest BCUT2D eigenvalue weighted by atomic mass is 35.5. The molecule has 0 aliphatic rings. The lowest BCUT2D eigenvalue weighted by Crippen LogP contribution is -2.31. The molecule has 5 nitrogen and oxygen atoms in total. The number of ether oxygens (including phenoxy) is 1. The van der Waals surface area contributed by atoms with Crippen molar-refractivity contribution in [2.24, 2.45) is 0 Å². The van der Waals surface area contributed by atoms with Crippen molar-refractivity contribution in [3.8, 4) is 0 Å². The third kappa shape index (κ3) is 7.11. The maximum absolute atomic E-state index is 11.8. The van der Waals surface area contributed by atoms with Crippen LogP contribution in [0.2, 0.25) is 5.02 Å². The van der Waals surface area contributed by atoms with E-state index in [2.05, 4.69) is 10.6 Å². The van der Waals surface area contributed by atoms with Crippen LogP contribution in [0.1, 0.15) is 30.1 Å². The van der Waals surface area contributed by atoms with Gasteiger partial charge >= 0.3 is 0 Å². The van der Waals surface area contributed by atoms with E-state index in [9.17, 15) is 9.59 Å². The fourth-order valence-corrected chi connectivity index (χ4v) is 1.89. The van der Waals surface area contributed by atoms with Crippen LogP contribution < -0.4 is 10.6 Å². The minimum atomic E-state index is -0.273. The van der Waals surface area contributed by atoms with E-state index in [0.717, 1.165) is 6.42 Å². The van der Waals surface area contributed by atoms with E-state index in [0.29, 0.717) is 30.3 Å². The zero-order valence-electron chi connectivity index (χ0n) is 12.2. The number of carbonyl (C=O) groups is 2. The molecule has 1 aromatic carbocycles. The lowest BCUT2D eigenvalue weighted by molar-refractivity contribution is -0.120. The number of carbonyl (C=O) groups excluding carboxylic acids is 2. The second-order valence-electron chi connectivity index (χ2n) is 4.39. The molecule has 1 rings (SSSR count). The van der Waals surface area contributed by atoms with Crippen LogP contribution in [-0.4, -0.2) is 38.1 Å². The van der Waals surface area contributed by atoms with Crippen LogP contribution in [0, 0.1) is 0 Å². The summed E-state index contributed by atoms with van der Waals surface area (Å²) in [5.74, 6) is -0.365. The molecule has 0 aliphatic heterocycles. The van der Waals surface area contributed by atoms with E-state index in [4.69, 9.17) is 16.3 Å². The molecule has 0 bridgehead atoms. The van der Waals surface area contributed by atoms with Crippen molar-refractivity contribution < 1.29 is 14.3 Å². The summed E-state index contributed by atoms with van der Waals surface area (Å²) in [6.07, 6.45) is 1.02. The van der Waals surface area contributed by atoms with Gasteiger partial charge in [-0.05, 0) is 25.5 Å². The standard InChI is InChI=1S/C15H21ClN2O3/c1-2-21-11-5-9-17-14(19)8-10-18-15(20)12-6-3-4-7-13(12)16/h3-4,6-7H,2,5,8-11H2,1H3,(H,17,19)(H,18,20). The van der Waals surface area contributed by atoms with E-state index < -0.39 is 0 Å². The first-order valence-corrected chi connectivity index (χ1v) is 7.40. The van der Waals surface area contributed by atoms with Crippen molar-refractivity contribution in [3.05, 3.63) is 34.9 Å². The molecule has 0 saturated carbocycles. The van der Waals surface area contributed by atoms with E-state index >= 15 is 0 Å². The van der Waals surface area contributed by atoms with Crippen LogP contribution in [-0.2, 0) is 9.53 Å². The average Bonchev–Trinajstić information content (AvgIpc) is 2.47. The smallest absolute Gasteiger partial charge is 0.252 e. The van der Waals surface area contributed by atoms with Gasteiger partial charge in [-0.25, -0.2) is 0 Å². The summed E-state index contributed by atoms with van der Waals surface area (Å²) in [5, 5.41) is 5.84. The molecule has 0 aromatic heterocycles. The van der Waals surface area contributed by atoms with Gasteiger partial charge in [0.1, 0.15) is 0 Å². The van der Waals surface area contributed by atoms with Crippen molar-refractivity contribution in [1.29, 1.82) is 0 Å². The van der Waals surface area contributed by atoms with Gasteiger partial charge in [-0.1, -0.05) is 23.7 Å². The number of hydrogen-bond donors (Lipinski definition) is 2. The van der Waals surface area contributed by atoms with Crippen LogP contribution in [0.25, 0.3) is 0 Å². The summed E-state index contributed by atoms with van der Waals surface area (Å²) in [5.41, 5.74) is 0.413. The molecule has 0 heterocycles. The minimum absolute atomic E-state index is 0.0917. The highest BCUT2D eigenvalue weighted by Crippen LogP contribution is 2.14. The average molecular weight is 313 g/mol. The van der Waals surface area contributed by atoms with Crippen LogP contribution in [0.3, 0.4) is 0 Å². The first-order valence-electron chi connectivity index (χ1n) is 7.02. The zero-order valence-corrected chi connectivity index (χ0v) is 12.9. The summed E-state index contributed by atoms with van der Waals surface area (Å²) in [6.45, 7) is 4.11. The highest BCUT2D eigenvalue weighted by molar-refractivity contribution is 6.33. The van der Waals surface area contributed by atoms with Gasteiger partial charge in [-0.15, -0.1) is 0 Å². The topological polar surface area (TPSA) is 67.4 Å². The molecule has 6 heteroatoms. The highest BCUT2D eigenvalue weighted by Gasteiger charge is 2.09. The van der Waals surface area contributed by atoms with Crippen molar-refractivity contribution in [3.63, 3.8) is 0 Å². The third-order valence-corrected chi connectivity index (χ3v) is 3.08. The van der Waals surface area contributed by atoms with Crippen molar-refractivity contribution in [2.45, 2.75) is 19.8 Å². The van der Waals surface area contributed by atoms with E-state index in [1.165, 1.54) is 0 Å². The van der Waals surface area contributed by atoms with Gasteiger partial charge in [0, 0.05) is 32.7 Å². The van der Waals surface area contributed by atoms with E-state index in [1.54, 1.807) is 24.3 Å². The molecule has 0 fully saturated rings. The molecule has 1 aromatic rings. The Labute approximate surface area is 130 Å². The predicted molar refractivity (Wildman–Crippen MR) is 82.5 cm³/mol. The van der Waals surface area contributed by atoms with E-state index in [1.807, 2.05) is 6.92 Å². The Morgan fingerprint density at radius 2 is 1.95 bits per heavy atom. The number of nitrogens with one attached hydrogen (secondary N) is 2. The Morgan fingerprint density at radius 3 is 2.67 bits per heavy atom. The van der Waals surface area contributed by atoms with Crippen molar-refractivity contribution in [2.75, 3.05) is 26.3 Å². The number of halogens is 1. The van der Waals surface area contributed by atoms with E-state index in [-0.39, 0.29) is 24.8 Å². The predicted octanol–water partition coefficient (Wildman–Crippen LogP) is 2.00. The molecule has 0 atom stereocenters. The van der Waals surface area contributed by atoms with Gasteiger partial charge in [0.2, 0.25) is 5.91 Å². The van der Waals surface area contributed by atoms with Crippen molar-refractivity contribution in [1.82, 2.24) is 10.6 Å². The quantitative estimate of drug-likeness (QED) is 0.685. The van der Waals surface area contributed by atoms with Gasteiger partial charge in [0.25, 0.3) is 5.91 Å². The summed E-state index contributed by atoms with van der Waals surface area (Å²) >= 11 is 5.92.